The average molecular weight is 400 g/mol. The third-order valence-corrected chi connectivity index (χ3v) is 6.46. The average Bonchev–Trinajstić information content (AvgIpc) is 2.91. The van der Waals surface area contributed by atoms with Crippen molar-refractivity contribution in [3.63, 3.8) is 0 Å². The molecule has 0 unspecified atom stereocenters. The van der Waals surface area contributed by atoms with Crippen LogP contribution in [-0.4, -0.2) is 16.6 Å². The first-order valence-electron chi connectivity index (χ1n) is 9.63. The molecule has 146 valence electrons. The molecule has 5 heteroatoms. The maximum absolute atomic E-state index is 13.9. The van der Waals surface area contributed by atoms with Gasteiger partial charge in [0.05, 0.1) is 16.1 Å². The molecule has 1 heterocycles. The maximum atomic E-state index is 13.9. The Kier molecular flexibility index (Phi) is 4.70. The number of aliphatic hydroxyl groups is 1. The molecule has 2 aliphatic rings. The molecule has 0 radical (unpaired) electrons. The first-order chi connectivity index (χ1) is 13.3. The minimum atomic E-state index is -0.645. The number of nitrogens with one attached hydrogen (secondary N) is 1. The van der Waals surface area contributed by atoms with Crippen molar-refractivity contribution in [2.75, 3.05) is 0 Å². The van der Waals surface area contributed by atoms with E-state index in [0.717, 1.165) is 36.8 Å². The molecule has 3 nitrogen and oxygen atoms in total. The summed E-state index contributed by atoms with van der Waals surface area (Å²) in [6, 6.07) is 10.2. The summed E-state index contributed by atoms with van der Waals surface area (Å²) in [5.74, 6) is 0.0167. The van der Waals surface area contributed by atoms with Gasteiger partial charge in [0.15, 0.2) is 0 Å². The number of carbonyl (C=O) groups is 1. The number of hydrogen-bond acceptors (Lipinski definition) is 2. The maximum Gasteiger partial charge on any atom is 0.256 e. The summed E-state index contributed by atoms with van der Waals surface area (Å²) in [5, 5.41) is 14.2. The van der Waals surface area contributed by atoms with E-state index in [4.69, 9.17) is 11.6 Å². The van der Waals surface area contributed by atoms with Crippen LogP contribution >= 0.6 is 11.6 Å². The molecule has 2 aromatic rings. The lowest BCUT2D eigenvalue weighted by Gasteiger charge is -2.36. The summed E-state index contributed by atoms with van der Waals surface area (Å²) in [4.78, 5) is 12.8. The van der Waals surface area contributed by atoms with Crippen LogP contribution in [0.15, 0.2) is 42.2 Å². The zero-order chi connectivity index (χ0) is 20.1. The molecule has 1 saturated carbocycles. The molecule has 2 aromatic carbocycles. The lowest BCUT2D eigenvalue weighted by Crippen LogP contribution is -2.47. The van der Waals surface area contributed by atoms with Crippen molar-refractivity contribution in [3.05, 3.63) is 64.1 Å². The molecule has 1 spiro atoms. The van der Waals surface area contributed by atoms with Crippen LogP contribution in [0.4, 0.5) is 4.39 Å². The molecule has 4 rings (SSSR count). The second-order valence-electron chi connectivity index (χ2n) is 8.10. The molecule has 1 aliphatic carbocycles. The van der Waals surface area contributed by atoms with E-state index in [1.165, 1.54) is 12.1 Å². The number of aliphatic hydroxyl groups excluding tert-OH is 1. The molecule has 1 amide bonds. The van der Waals surface area contributed by atoms with E-state index in [1.54, 1.807) is 6.07 Å². The number of aryl methyl sites for hydroxylation is 1. The number of rotatable bonds is 2. The second-order valence-corrected chi connectivity index (χ2v) is 8.51. The van der Waals surface area contributed by atoms with E-state index in [9.17, 15) is 14.3 Å². The van der Waals surface area contributed by atoms with Crippen LogP contribution in [0.5, 0.6) is 0 Å². The summed E-state index contributed by atoms with van der Waals surface area (Å²) < 4.78 is 13.9. The number of hydrogen-bond donors (Lipinski definition) is 2. The Bertz CT molecular complexity index is 990. The normalized spacial score (nSPS) is 24.7. The minimum Gasteiger partial charge on any atom is -0.509 e. The third kappa shape index (κ3) is 3.10. The summed E-state index contributed by atoms with van der Waals surface area (Å²) >= 11 is 5.79. The number of amides is 1. The Hall–Kier alpha value is -2.33. The van der Waals surface area contributed by atoms with Crippen molar-refractivity contribution in [1.29, 1.82) is 0 Å². The lowest BCUT2D eigenvalue weighted by atomic mass is 9.76. The summed E-state index contributed by atoms with van der Waals surface area (Å²) in [6.45, 7) is 4.10. The van der Waals surface area contributed by atoms with Gasteiger partial charge in [0.2, 0.25) is 0 Å². The van der Waals surface area contributed by atoms with Gasteiger partial charge in [-0.05, 0) is 79.0 Å². The van der Waals surface area contributed by atoms with E-state index < -0.39 is 11.4 Å². The third-order valence-electron chi connectivity index (χ3n) is 6.16. The molecule has 0 aromatic heterocycles. The fourth-order valence-electron chi connectivity index (χ4n) is 4.30. The number of benzene rings is 2. The monoisotopic (exact) mass is 399 g/mol. The summed E-state index contributed by atoms with van der Waals surface area (Å²) in [6.07, 6.45) is 3.44. The molecular formula is C23H23ClFNO2. The smallest absolute Gasteiger partial charge is 0.256 e. The Morgan fingerprint density at radius 3 is 2.46 bits per heavy atom. The van der Waals surface area contributed by atoms with E-state index in [0.29, 0.717) is 22.6 Å². The lowest BCUT2D eigenvalue weighted by molar-refractivity contribution is -0.116. The van der Waals surface area contributed by atoms with E-state index in [-0.39, 0.29) is 16.7 Å². The SMILES string of the molecule is Cc1ccc(-c2ccc(Cl)c(F)c2)cc1C1=C(O)[C@]2(CC[C@@H](C)CC2)NC1=O. The molecule has 0 saturated heterocycles. The standard InChI is InChI=1S/C23H23ClFNO2/c1-13-7-9-23(10-8-13)21(27)20(22(28)26-23)17-11-15(4-3-14(17)2)16-5-6-18(24)19(25)12-16/h3-6,11-13,27H,7-10H2,1-2H3,(H,26,28)/t13-,23-. The van der Waals surface area contributed by atoms with Gasteiger partial charge < -0.3 is 10.4 Å². The van der Waals surface area contributed by atoms with E-state index in [1.807, 2.05) is 25.1 Å². The van der Waals surface area contributed by atoms with Gasteiger partial charge in [0, 0.05) is 0 Å². The zero-order valence-electron chi connectivity index (χ0n) is 16.0. The Balaban J connectivity index is 1.79. The predicted molar refractivity (Wildman–Crippen MR) is 110 cm³/mol. The van der Waals surface area contributed by atoms with Crippen molar-refractivity contribution >= 4 is 23.1 Å². The first-order valence-corrected chi connectivity index (χ1v) is 10.0. The molecule has 0 bridgehead atoms. The number of halogens is 2. The molecular weight excluding hydrogens is 377 g/mol. The van der Waals surface area contributed by atoms with Crippen LogP contribution in [0.2, 0.25) is 5.02 Å². The first kappa shape index (κ1) is 19.0. The predicted octanol–water partition coefficient (Wildman–Crippen LogP) is 5.80. The van der Waals surface area contributed by atoms with Gasteiger partial charge in [0.25, 0.3) is 5.91 Å². The highest BCUT2D eigenvalue weighted by atomic mass is 35.5. The van der Waals surface area contributed by atoms with Crippen LogP contribution in [-0.2, 0) is 4.79 Å². The van der Waals surface area contributed by atoms with Crippen molar-refractivity contribution in [1.82, 2.24) is 5.32 Å². The summed E-state index contributed by atoms with van der Waals surface area (Å²) in [7, 11) is 0. The zero-order valence-corrected chi connectivity index (χ0v) is 16.7. The van der Waals surface area contributed by atoms with Gasteiger partial charge in [-0.3, -0.25) is 4.79 Å². The fraction of sp³-hybridized carbons (Fsp3) is 0.348. The van der Waals surface area contributed by atoms with Crippen LogP contribution in [0, 0.1) is 18.7 Å². The summed E-state index contributed by atoms with van der Waals surface area (Å²) in [5.41, 5.74) is 2.69. The highest BCUT2D eigenvalue weighted by Gasteiger charge is 2.47. The van der Waals surface area contributed by atoms with Crippen LogP contribution in [0.3, 0.4) is 0 Å². The van der Waals surface area contributed by atoms with Crippen LogP contribution < -0.4 is 5.32 Å². The Morgan fingerprint density at radius 1 is 1.14 bits per heavy atom. The molecule has 1 fully saturated rings. The largest absolute Gasteiger partial charge is 0.509 e. The number of carbonyl (C=O) groups excluding carboxylic acids is 1. The molecule has 0 atom stereocenters. The van der Waals surface area contributed by atoms with Gasteiger partial charge in [0.1, 0.15) is 11.6 Å². The Morgan fingerprint density at radius 2 is 1.79 bits per heavy atom. The van der Waals surface area contributed by atoms with Gasteiger partial charge in [-0.25, -0.2) is 4.39 Å². The molecule has 2 N–H and O–H groups in total. The van der Waals surface area contributed by atoms with Gasteiger partial charge in [-0.1, -0.05) is 36.7 Å². The van der Waals surface area contributed by atoms with E-state index >= 15 is 0 Å². The van der Waals surface area contributed by atoms with Crippen molar-refractivity contribution in [2.24, 2.45) is 5.92 Å². The van der Waals surface area contributed by atoms with E-state index in [2.05, 4.69) is 12.2 Å². The van der Waals surface area contributed by atoms with Crippen molar-refractivity contribution in [3.8, 4) is 11.1 Å². The van der Waals surface area contributed by atoms with Gasteiger partial charge in [-0.15, -0.1) is 0 Å². The van der Waals surface area contributed by atoms with Crippen molar-refractivity contribution in [2.45, 2.75) is 45.1 Å². The fourth-order valence-corrected chi connectivity index (χ4v) is 4.42. The highest BCUT2D eigenvalue weighted by molar-refractivity contribution is 6.30. The minimum absolute atomic E-state index is 0.0695. The van der Waals surface area contributed by atoms with Crippen molar-refractivity contribution < 1.29 is 14.3 Å². The second kappa shape index (κ2) is 6.93. The topological polar surface area (TPSA) is 49.3 Å². The molecule has 1 aliphatic heterocycles. The van der Waals surface area contributed by atoms with Gasteiger partial charge >= 0.3 is 0 Å². The molecule has 28 heavy (non-hydrogen) atoms. The quantitative estimate of drug-likeness (QED) is 0.670. The highest BCUT2D eigenvalue weighted by Crippen LogP contribution is 2.43. The Labute approximate surface area is 169 Å². The van der Waals surface area contributed by atoms with Crippen LogP contribution in [0.25, 0.3) is 16.7 Å². The van der Waals surface area contributed by atoms with Gasteiger partial charge in [-0.2, -0.15) is 0 Å². The van der Waals surface area contributed by atoms with Crippen LogP contribution in [0.1, 0.15) is 43.7 Å².